The summed E-state index contributed by atoms with van der Waals surface area (Å²) in [5.74, 6) is 0. The Morgan fingerprint density at radius 2 is 0.953 bits per heavy atom. The van der Waals surface area contributed by atoms with E-state index in [0.717, 1.165) is 33.8 Å². The van der Waals surface area contributed by atoms with Crippen molar-refractivity contribution in [3.05, 3.63) is 163 Å². The van der Waals surface area contributed by atoms with Gasteiger partial charge in [-0.1, -0.05) is 121 Å². The molecule has 0 bridgehead atoms. The average Bonchev–Trinajstić information content (AvgIpc) is 3.41. The molecule has 0 heterocycles. The number of hydrogen-bond acceptors (Lipinski definition) is 2. The van der Waals surface area contributed by atoms with E-state index in [9.17, 15) is 0 Å². The zero-order valence-corrected chi connectivity index (χ0v) is 23.5. The van der Waals surface area contributed by atoms with Crippen LogP contribution in [0.1, 0.15) is 5.56 Å². The molecule has 0 spiro atoms. The van der Waals surface area contributed by atoms with Crippen molar-refractivity contribution in [1.82, 2.24) is 0 Å². The normalized spacial score (nSPS) is 11.3. The quantitative estimate of drug-likeness (QED) is 0.206. The predicted octanol–water partition coefficient (Wildman–Crippen LogP) is 11.3. The van der Waals surface area contributed by atoms with Gasteiger partial charge in [0.2, 0.25) is 0 Å². The molecule has 202 valence electrons. The summed E-state index contributed by atoms with van der Waals surface area (Å²) in [5, 5.41) is 10.2. The van der Waals surface area contributed by atoms with E-state index in [0.29, 0.717) is 0 Å². The van der Waals surface area contributed by atoms with Gasteiger partial charge in [0.05, 0.1) is 0 Å². The van der Waals surface area contributed by atoms with E-state index in [1.165, 1.54) is 50.4 Å². The summed E-state index contributed by atoms with van der Waals surface area (Å²) in [7, 11) is 0. The first kappa shape index (κ1) is 25.0. The summed E-state index contributed by atoms with van der Waals surface area (Å²) >= 11 is 0. The molecule has 0 fully saturated rings. The number of para-hydroxylation sites is 1. The van der Waals surface area contributed by atoms with Crippen LogP contribution in [0.15, 0.2) is 158 Å². The zero-order valence-electron chi connectivity index (χ0n) is 23.5. The Balaban J connectivity index is 1.26. The van der Waals surface area contributed by atoms with Crippen LogP contribution in [0, 0.1) is 5.41 Å². The molecule has 0 unspecified atom stereocenters. The van der Waals surface area contributed by atoms with E-state index in [1.54, 1.807) is 0 Å². The SMILES string of the molecule is N=Cc1ccc(-c2cccc(N(c3ccccc3)c3cccc(-c4ccc5c6c(cccc46)-c4ccccc4-5)c3)c2)cc1. The molecule has 1 N–H and O–H groups in total. The summed E-state index contributed by atoms with van der Waals surface area (Å²) in [4.78, 5) is 2.33. The van der Waals surface area contributed by atoms with Crippen molar-refractivity contribution in [2.24, 2.45) is 0 Å². The van der Waals surface area contributed by atoms with E-state index >= 15 is 0 Å². The molecule has 0 saturated carbocycles. The van der Waals surface area contributed by atoms with Crippen molar-refractivity contribution >= 4 is 34.0 Å². The van der Waals surface area contributed by atoms with Crippen molar-refractivity contribution < 1.29 is 0 Å². The van der Waals surface area contributed by atoms with E-state index in [2.05, 4.69) is 150 Å². The Morgan fingerprint density at radius 1 is 0.395 bits per heavy atom. The lowest BCUT2D eigenvalue weighted by Crippen LogP contribution is -2.10. The van der Waals surface area contributed by atoms with E-state index in [-0.39, 0.29) is 0 Å². The van der Waals surface area contributed by atoms with Gasteiger partial charge < -0.3 is 10.3 Å². The Hall–Kier alpha value is -5.73. The highest BCUT2D eigenvalue weighted by atomic mass is 15.1. The van der Waals surface area contributed by atoms with Crippen LogP contribution in [0.25, 0.3) is 55.3 Å². The molecule has 0 atom stereocenters. The number of nitrogens with zero attached hydrogens (tertiary/aromatic N) is 1. The van der Waals surface area contributed by atoms with Crippen molar-refractivity contribution in [3.8, 4) is 44.5 Å². The second-order valence-electron chi connectivity index (χ2n) is 11.0. The van der Waals surface area contributed by atoms with Gasteiger partial charge in [-0.3, -0.25) is 0 Å². The van der Waals surface area contributed by atoms with Gasteiger partial charge in [-0.15, -0.1) is 0 Å². The molecule has 0 saturated heterocycles. The molecule has 1 aliphatic rings. The van der Waals surface area contributed by atoms with Crippen molar-refractivity contribution in [1.29, 1.82) is 5.41 Å². The Morgan fingerprint density at radius 3 is 1.67 bits per heavy atom. The fraction of sp³-hybridized carbons (Fsp3) is 0. The maximum atomic E-state index is 7.55. The number of benzene rings is 7. The molecule has 43 heavy (non-hydrogen) atoms. The molecular formula is C41H28N2. The van der Waals surface area contributed by atoms with Crippen molar-refractivity contribution in [2.75, 3.05) is 4.90 Å². The Kier molecular flexibility index (Phi) is 5.98. The van der Waals surface area contributed by atoms with Gasteiger partial charge in [0.15, 0.2) is 0 Å². The standard InChI is InChI=1S/C41H28N2/c42-27-28-19-21-29(22-20-28)30-9-6-13-33(25-30)43(32-11-2-1-3-12-32)34-14-7-10-31(26-34)35-23-24-40-37-16-5-4-15-36(37)39-18-8-17-38(35)41(39)40/h1-27,42H. The molecule has 1 aliphatic carbocycles. The average molecular weight is 549 g/mol. The van der Waals surface area contributed by atoms with Gasteiger partial charge in [0, 0.05) is 23.3 Å². The number of rotatable bonds is 6. The summed E-state index contributed by atoms with van der Waals surface area (Å²) in [6, 6.07) is 56.3. The van der Waals surface area contributed by atoms with Gasteiger partial charge in [-0.05, 0) is 97.2 Å². The number of anilines is 3. The highest BCUT2D eigenvalue weighted by Gasteiger charge is 2.22. The van der Waals surface area contributed by atoms with Crippen LogP contribution in [-0.2, 0) is 0 Å². The lowest BCUT2D eigenvalue weighted by Gasteiger charge is -2.26. The summed E-state index contributed by atoms with van der Waals surface area (Å²) in [5.41, 5.74) is 14.2. The first-order valence-corrected chi connectivity index (χ1v) is 14.6. The monoisotopic (exact) mass is 548 g/mol. The van der Waals surface area contributed by atoms with Crippen LogP contribution in [0.4, 0.5) is 17.1 Å². The number of nitrogens with one attached hydrogen (secondary N) is 1. The molecule has 0 aliphatic heterocycles. The van der Waals surface area contributed by atoms with Gasteiger partial charge in [-0.25, -0.2) is 0 Å². The van der Waals surface area contributed by atoms with E-state index in [4.69, 9.17) is 5.41 Å². The first-order chi connectivity index (χ1) is 21.3. The third kappa shape index (κ3) is 4.24. The molecule has 7 aromatic carbocycles. The molecule has 0 amide bonds. The minimum atomic E-state index is 0.898. The van der Waals surface area contributed by atoms with Gasteiger partial charge in [0.1, 0.15) is 0 Å². The Bertz CT molecular complexity index is 2110. The molecule has 2 heteroatoms. The first-order valence-electron chi connectivity index (χ1n) is 14.6. The fourth-order valence-corrected chi connectivity index (χ4v) is 6.49. The highest BCUT2D eigenvalue weighted by molar-refractivity contribution is 6.18. The number of hydrogen-bond donors (Lipinski definition) is 1. The highest BCUT2D eigenvalue weighted by Crippen LogP contribution is 2.49. The molecule has 2 nitrogen and oxygen atoms in total. The fourth-order valence-electron chi connectivity index (χ4n) is 6.49. The second-order valence-corrected chi connectivity index (χ2v) is 11.0. The summed E-state index contributed by atoms with van der Waals surface area (Å²) in [6.45, 7) is 0. The zero-order chi connectivity index (χ0) is 28.8. The van der Waals surface area contributed by atoms with Gasteiger partial charge in [-0.2, -0.15) is 0 Å². The van der Waals surface area contributed by atoms with Gasteiger partial charge in [0.25, 0.3) is 0 Å². The van der Waals surface area contributed by atoms with Crippen LogP contribution >= 0.6 is 0 Å². The number of fused-ring (bicyclic) bond motifs is 3. The van der Waals surface area contributed by atoms with Crippen LogP contribution in [0.2, 0.25) is 0 Å². The van der Waals surface area contributed by atoms with Gasteiger partial charge >= 0.3 is 0 Å². The summed E-state index contributed by atoms with van der Waals surface area (Å²) < 4.78 is 0. The van der Waals surface area contributed by atoms with E-state index < -0.39 is 0 Å². The third-order valence-corrected chi connectivity index (χ3v) is 8.49. The van der Waals surface area contributed by atoms with Crippen molar-refractivity contribution in [2.45, 2.75) is 0 Å². The minimum Gasteiger partial charge on any atom is -0.310 e. The molecule has 7 aromatic rings. The lowest BCUT2D eigenvalue weighted by molar-refractivity contribution is 1.28. The third-order valence-electron chi connectivity index (χ3n) is 8.49. The Labute approximate surface area is 251 Å². The van der Waals surface area contributed by atoms with Crippen molar-refractivity contribution in [3.63, 3.8) is 0 Å². The lowest BCUT2D eigenvalue weighted by atomic mass is 9.94. The maximum Gasteiger partial charge on any atom is 0.0467 e. The van der Waals surface area contributed by atoms with E-state index in [1.807, 2.05) is 12.1 Å². The second kappa shape index (κ2) is 10.3. The maximum absolute atomic E-state index is 7.55. The molecule has 0 radical (unpaired) electrons. The summed E-state index contributed by atoms with van der Waals surface area (Å²) in [6.07, 6.45) is 1.38. The molecule has 0 aromatic heterocycles. The smallest absolute Gasteiger partial charge is 0.0467 e. The molecule has 8 rings (SSSR count). The molecular weight excluding hydrogens is 520 g/mol. The minimum absolute atomic E-state index is 0.898. The van der Waals surface area contributed by atoms with Crippen LogP contribution in [0.5, 0.6) is 0 Å². The predicted molar refractivity (Wildman–Crippen MR) is 182 cm³/mol. The topological polar surface area (TPSA) is 27.1 Å². The van der Waals surface area contributed by atoms with Crippen LogP contribution < -0.4 is 4.90 Å². The van der Waals surface area contributed by atoms with Crippen LogP contribution in [0.3, 0.4) is 0 Å². The van der Waals surface area contributed by atoms with Crippen LogP contribution in [-0.4, -0.2) is 6.21 Å². The largest absolute Gasteiger partial charge is 0.310 e.